The number of nitrogens with zero attached hydrogens (tertiary/aromatic N) is 1. The molecule has 0 fully saturated rings. The maximum atomic E-state index is 11.5. The van der Waals surface area contributed by atoms with Gasteiger partial charge in [-0.3, -0.25) is 4.79 Å². The maximum absolute atomic E-state index is 11.5. The van der Waals surface area contributed by atoms with Crippen LogP contribution in [0.1, 0.15) is 33.7 Å². The number of aromatic nitrogens is 1. The van der Waals surface area contributed by atoms with Gasteiger partial charge in [-0.15, -0.1) is 11.3 Å². The van der Waals surface area contributed by atoms with E-state index in [1.54, 1.807) is 0 Å². The second-order valence-electron chi connectivity index (χ2n) is 2.90. The summed E-state index contributed by atoms with van der Waals surface area (Å²) in [6, 6.07) is 0. The van der Waals surface area contributed by atoms with E-state index < -0.39 is 0 Å². The highest BCUT2D eigenvalue weighted by Crippen LogP contribution is 2.16. The predicted molar refractivity (Wildman–Crippen MR) is 54.2 cm³/mol. The molecular formula is C9H14N2OS. The summed E-state index contributed by atoms with van der Waals surface area (Å²) in [5.41, 5.74) is 0.830. The first kappa shape index (κ1) is 10.2. The number of carbonyl (C=O) groups excluding carboxylic acids is 1. The minimum absolute atomic E-state index is 0.00458. The summed E-state index contributed by atoms with van der Waals surface area (Å²) in [7, 11) is 0. The molecular weight excluding hydrogens is 184 g/mol. The molecule has 1 aromatic heterocycles. The van der Waals surface area contributed by atoms with E-state index in [1.165, 1.54) is 11.3 Å². The van der Waals surface area contributed by atoms with Gasteiger partial charge in [0.05, 0.1) is 10.7 Å². The molecule has 1 aromatic rings. The molecule has 4 heteroatoms. The molecule has 0 saturated heterocycles. The van der Waals surface area contributed by atoms with Gasteiger partial charge in [-0.05, 0) is 20.3 Å². The predicted octanol–water partition coefficient (Wildman–Crippen LogP) is 1.90. The molecule has 0 radical (unpaired) electrons. The normalized spacial score (nSPS) is 10.1. The Morgan fingerprint density at radius 3 is 2.69 bits per heavy atom. The van der Waals surface area contributed by atoms with Gasteiger partial charge in [0.1, 0.15) is 4.88 Å². The molecule has 0 saturated carbocycles. The first-order valence-corrected chi connectivity index (χ1v) is 5.19. The molecule has 1 heterocycles. The second kappa shape index (κ2) is 4.37. The number of nitrogens with one attached hydrogen (secondary N) is 1. The van der Waals surface area contributed by atoms with Crippen molar-refractivity contribution < 1.29 is 4.79 Å². The van der Waals surface area contributed by atoms with Crippen LogP contribution >= 0.6 is 11.3 Å². The van der Waals surface area contributed by atoms with Crippen molar-refractivity contribution in [3.63, 3.8) is 0 Å². The van der Waals surface area contributed by atoms with Gasteiger partial charge in [-0.2, -0.15) is 0 Å². The Labute approximate surface area is 82.2 Å². The molecule has 0 aliphatic heterocycles. The molecule has 0 bridgehead atoms. The SMILES string of the molecule is CCCNC(=O)c1sc(C)nc1C. The summed E-state index contributed by atoms with van der Waals surface area (Å²) in [6.45, 7) is 6.54. The van der Waals surface area contributed by atoms with Gasteiger partial charge in [0, 0.05) is 6.54 Å². The van der Waals surface area contributed by atoms with Crippen molar-refractivity contribution in [2.24, 2.45) is 0 Å². The third-order valence-corrected chi connectivity index (χ3v) is 2.72. The van der Waals surface area contributed by atoms with Crippen molar-refractivity contribution in [3.05, 3.63) is 15.6 Å². The first-order valence-electron chi connectivity index (χ1n) is 4.37. The lowest BCUT2D eigenvalue weighted by Gasteiger charge is -2.00. The van der Waals surface area contributed by atoms with Crippen molar-refractivity contribution in [2.45, 2.75) is 27.2 Å². The van der Waals surface area contributed by atoms with Crippen molar-refractivity contribution in [1.29, 1.82) is 0 Å². The van der Waals surface area contributed by atoms with Crippen molar-refractivity contribution in [2.75, 3.05) is 6.54 Å². The molecule has 1 rings (SSSR count). The number of thiazole rings is 1. The number of carbonyl (C=O) groups is 1. The van der Waals surface area contributed by atoms with E-state index in [0.29, 0.717) is 0 Å². The van der Waals surface area contributed by atoms with Gasteiger partial charge < -0.3 is 5.32 Å². The van der Waals surface area contributed by atoms with E-state index in [9.17, 15) is 4.79 Å². The molecule has 1 amide bonds. The van der Waals surface area contributed by atoms with Gasteiger partial charge in [-0.1, -0.05) is 6.92 Å². The molecule has 0 aliphatic rings. The zero-order chi connectivity index (χ0) is 9.84. The van der Waals surface area contributed by atoms with Gasteiger partial charge in [0.2, 0.25) is 0 Å². The van der Waals surface area contributed by atoms with Crippen LogP contribution < -0.4 is 5.32 Å². The van der Waals surface area contributed by atoms with Crippen molar-refractivity contribution in [3.8, 4) is 0 Å². The molecule has 0 unspecified atom stereocenters. The summed E-state index contributed by atoms with van der Waals surface area (Å²) in [6.07, 6.45) is 0.961. The smallest absolute Gasteiger partial charge is 0.263 e. The van der Waals surface area contributed by atoms with E-state index in [2.05, 4.69) is 10.3 Å². The molecule has 0 aliphatic carbocycles. The lowest BCUT2D eigenvalue weighted by Crippen LogP contribution is -2.23. The molecule has 1 N–H and O–H groups in total. The van der Waals surface area contributed by atoms with Gasteiger partial charge in [0.15, 0.2) is 0 Å². The van der Waals surface area contributed by atoms with Crippen LogP contribution in [0.15, 0.2) is 0 Å². The Kier molecular flexibility index (Phi) is 3.42. The standard InChI is InChI=1S/C9H14N2OS/c1-4-5-10-9(12)8-6(2)11-7(3)13-8/h4-5H2,1-3H3,(H,10,12). The Balaban J connectivity index is 2.70. The quantitative estimate of drug-likeness (QED) is 0.806. The van der Waals surface area contributed by atoms with Crippen LogP contribution in [0.4, 0.5) is 0 Å². The summed E-state index contributed by atoms with van der Waals surface area (Å²) in [5, 5.41) is 3.78. The lowest BCUT2D eigenvalue weighted by atomic mass is 10.3. The zero-order valence-electron chi connectivity index (χ0n) is 8.18. The summed E-state index contributed by atoms with van der Waals surface area (Å²) < 4.78 is 0. The van der Waals surface area contributed by atoms with Crippen molar-refractivity contribution >= 4 is 17.2 Å². The fourth-order valence-corrected chi connectivity index (χ4v) is 1.90. The fraction of sp³-hybridized carbons (Fsp3) is 0.556. The van der Waals surface area contributed by atoms with Crippen LogP contribution in [0, 0.1) is 13.8 Å². The molecule has 0 spiro atoms. The van der Waals surface area contributed by atoms with Gasteiger partial charge in [0.25, 0.3) is 5.91 Å². The van der Waals surface area contributed by atoms with Crippen LogP contribution in [-0.4, -0.2) is 17.4 Å². The van der Waals surface area contributed by atoms with Crippen LogP contribution in [0.2, 0.25) is 0 Å². The highest BCUT2D eigenvalue weighted by atomic mass is 32.1. The Morgan fingerprint density at radius 1 is 1.54 bits per heavy atom. The van der Waals surface area contributed by atoms with Crippen LogP contribution in [-0.2, 0) is 0 Å². The minimum atomic E-state index is 0.00458. The fourth-order valence-electron chi connectivity index (χ4n) is 1.06. The van der Waals surface area contributed by atoms with Crippen LogP contribution in [0.5, 0.6) is 0 Å². The average Bonchev–Trinajstić information content (AvgIpc) is 2.41. The number of hydrogen-bond donors (Lipinski definition) is 1. The minimum Gasteiger partial charge on any atom is -0.351 e. The zero-order valence-corrected chi connectivity index (χ0v) is 8.99. The molecule has 72 valence electrons. The third-order valence-electron chi connectivity index (χ3n) is 1.65. The first-order chi connectivity index (χ1) is 6.15. The highest BCUT2D eigenvalue weighted by molar-refractivity contribution is 7.13. The molecule has 0 atom stereocenters. The van der Waals surface area contributed by atoms with E-state index >= 15 is 0 Å². The number of rotatable bonds is 3. The number of aryl methyl sites for hydroxylation is 2. The second-order valence-corrected chi connectivity index (χ2v) is 4.11. The van der Waals surface area contributed by atoms with E-state index in [0.717, 1.165) is 28.5 Å². The highest BCUT2D eigenvalue weighted by Gasteiger charge is 2.12. The van der Waals surface area contributed by atoms with Gasteiger partial charge in [-0.25, -0.2) is 4.98 Å². The van der Waals surface area contributed by atoms with Gasteiger partial charge >= 0.3 is 0 Å². The molecule has 3 nitrogen and oxygen atoms in total. The average molecular weight is 198 g/mol. The molecule has 0 aromatic carbocycles. The summed E-state index contributed by atoms with van der Waals surface area (Å²) in [4.78, 5) is 16.4. The maximum Gasteiger partial charge on any atom is 0.263 e. The lowest BCUT2D eigenvalue weighted by molar-refractivity contribution is 0.0957. The third kappa shape index (κ3) is 2.52. The molecule has 13 heavy (non-hydrogen) atoms. The largest absolute Gasteiger partial charge is 0.351 e. The summed E-state index contributed by atoms with van der Waals surface area (Å²) in [5.74, 6) is 0.00458. The van der Waals surface area contributed by atoms with E-state index in [-0.39, 0.29) is 5.91 Å². The summed E-state index contributed by atoms with van der Waals surface area (Å²) >= 11 is 1.45. The van der Waals surface area contributed by atoms with Crippen LogP contribution in [0.25, 0.3) is 0 Å². The Morgan fingerprint density at radius 2 is 2.23 bits per heavy atom. The monoisotopic (exact) mass is 198 g/mol. The topological polar surface area (TPSA) is 42.0 Å². The van der Waals surface area contributed by atoms with Crippen molar-refractivity contribution in [1.82, 2.24) is 10.3 Å². The Hall–Kier alpha value is -0.900. The van der Waals surface area contributed by atoms with E-state index in [1.807, 2.05) is 20.8 Å². The van der Waals surface area contributed by atoms with E-state index in [4.69, 9.17) is 0 Å². The Bertz CT molecular complexity index is 307. The number of amides is 1. The van der Waals surface area contributed by atoms with Crippen LogP contribution in [0.3, 0.4) is 0 Å². The number of hydrogen-bond acceptors (Lipinski definition) is 3.